The molecule has 0 bridgehead atoms. The minimum atomic E-state index is -0.768. The van der Waals surface area contributed by atoms with Crippen LogP contribution in [-0.4, -0.2) is 21.7 Å². The predicted molar refractivity (Wildman–Crippen MR) is 83.3 cm³/mol. The molecule has 2 N–H and O–H groups in total. The number of hydrogen-bond acceptors (Lipinski definition) is 5. The van der Waals surface area contributed by atoms with Gasteiger partial charge < -0.3 is 0 Å². The Morgan fingerprint density at radius 1 is 1.00 bits per heavy atom. The zero-order valence-corrected chi connectivity index (χ0v) is 12.8. The van der Waals surface area contributed by atoms with Gasteiger partial charge in [-0.25, -0.2) is 9.97 Å². The number of hydrogen-bond donors (Lipinski definition) is 2. The number of Topliss-reactive ketones (excluding diaryl/α,β-unsaturated/α-hetero) is 1. The molecule has 0 unspecified atom stereocenters. The van der Waals surface area contributed by atoms with Crippen LogP contribution in [-0.2, 0) is 10.2 Å². The summed E-state index contributed by atoms with van der Waals surface area (Å²) in [5, 5.41) is 0. The molecular weight excluding hydrogens is 280 g/mol. The first-order chi connectivity index (χ1) is 10.4. The summed E-state index contributed by atoms with van der Waals surface area (Å²) < 4.78 is 0. The Balaban J connectivity index is 2.00. The number of nitrogens with zero attached hydrogens (tertiary/aromatic N) is 2. The van der Waals surface area contributed by atoms with E-state index in [1.165, 1.54) is 12.4 Å². The van der Waals surface area contributed by atoms with Gasteiger partial charge in [0, 0.05) is 18.0 Å². The Hall–Kier alpha value is -2.76. The van der Waals surface area contributed by atoms with Gasteiger partial charge in [0.15, 0.2) is 0 Å². The monoisotopic (exact) mass is 298 g/mol. The minimum absolute atomic E-state index is 0.00393. The van der Waals surface area contributed by atoms with E-state index < -0.39 is 11.7 Å². The molecule has 0 spiro atoms. The molecule has 1 amide bonds. The highest BCUT2D eigenvalue weighted by Crippen LogP contribution is 2.22. The quantitative estimate of drug-likeness (QED) is 0.513. The van der Waals surface area contributed by atoms with E-state index in [1.807, 2.05) is 12.1 Å². The molecule has 0 saturated carbocycles. The second kappa shape index (κ2) is 6.34. The van der Waals surface area contributed by atoms with Gasteiger partial charge in [0.2, 0.25) is 5.95 Å². The molecule has 0 radical (unpaired) electrons. The zero-order chi connectivity index (χ0) is 16.2. The van der Waals surface area contributed by atoms with Crippen molar-refractivity contribution in [3.05, 3.63) is 53.9 Å². The van der Waals surface area contributed by atoms with Crippen LogP contribution < -0.4 is 10.9 Å². The first-order valence-electron chi connectivity index (χ1n) is 6.86. The lowest BCUT2D eigenvalue weighted by molar-refractivity contribution is -0.116. The molecule has 1 heterocycles. The molecule has 0 atom stereocenters. The Morgan fingerprint density at radius 3 is 2.14 bits per heavy atom. The number of carbonyl (C=O) groups excluding carboxylic acids is 2. The van der Waals surface area contributed by atoms with Crippen molar-refractivity contribution in [1.29, 1.82) is 0 Å². The topological polar surface area (TPSA) is 84.0 Å². The fourth-order valence-corrected chi connectivity index (χ4v) is 1.79. The van der Waals surface area contributed by atoms with Crippen LogP contribution in [0.4, 0.5) is 5.95 Å². The molecule has 1 aromatic heterocycles. The molecule has 6 heteroatoms. The van der Waals surface area contributed by atoms with Crippen LogP contribution in [0.5, 0.6) is 0 Å². The molecule has 1 aromatic carbocycles. The van der Waals surface area contributed by atoms with Crippen molar-refractivity contribution in [2.75, 3.05) is 5.43 Å². The Bertz CT molecular complexity index is 661. The number of ketones is 1. The Kier molecular flexibility index (Phi) is 4.50. The minimum Gasteiger partial charge on any atom is -0.283 e. The molecule has 114 valence electrons. The Labute approximate surface area is 129 Å². The molecule has 2 rings (SSSR count). The summed E-state index contributed by atoms with van der Waals surface area (Å²) in [4.78, 5) is 31.6. The molecule has 0 saturated heterocycles. The molecule has 0 aliphatic heterocycles. The summed E-state index contributed by atoms with van der Waals surface area (Å²) in [6.45, 7) is 6.25. The third-order valence-corrected chi connectivity index (χ3v) is 3.07. The summed E-state index contributed by atoms with van der Waals surface area (Å²) in [6, 6.07) is 8.67. The first-order valence-corrected chi connectivity index (χ1v) is 6.86. The highest BCUT2D eigenvalue weighted by atomic mass is 16.2. The van der Waals surface area contributed by atoms with E-state index in [2.05, 4.69) is 41.6 Å². The van der Waals surface area contributed by atoms with Gasteiger partial charge >= 0.3 is 5.91 Å². The maximum atomic E-state index is 12.0. The average molecular weight is 298 g/mol. The SMILES string of the molecule is CC(C)(C)c1ccc(C(=O)C(=O)NNc2ncccn2)cc1. The van der Waals surface area contributed by atoms with Gasteiger partial charge in [-0.2, -0.15) is 0 Å². The van der Waals surface area contributed by atoms with Crippen LogP contribution in [0.25, 0.3) is 0 Å². The van der Waals surface area contributed by atoms with Gasteiger partial charge in [-0.1, -0.05) is 45.0 Å². The standard InChI is InChI=1S/C16H18N4O2/c1-16(2,3)12-7-5-11(6-8-12)13(21)14(22)19-20-15-17-9-4-10-18-15/h4-10H,1-3H3,(H,19,22)(H,17,18,20). The van der Waals surface area contributed by atoms with Crippen molar-refractivity contribution in [3.8, 4) is 0 Å². The van der Waals surface area contributed by atoms with Crippen molar-refractivity contribution in [2.24, 2.45) is 0 Å². The van der Waals surface area contributed by atoms with E-state index in [0.29, 0.717) is 5.56 Å². The summed E-state index contributed by atoms with van der Waals surface area (Å²) in [7, 11) is 0. The number of anilines is 1. The van der Waals surface area contributed by atoms with Gasteiger partial charge in [-0.15, -0.1) is 0 Å². The van der Waals surface area contributed by atoms with E-state index in [-0.39, 0.29) is 11.4 Å². The van der Waals surface area contributed by atoms with E-state index in [1.54, 1.807) is 18.2 Å². The molecule has 22 heavy (non-hydrogen) atoms. The van der Waals surface area contributed by atoms with Crippen molar-refractivity contribution >= 4 is 17.6 Å². The summed E-state index contributed by atoms with van der Waals surface area (Å²) in [6.07, 6.45) is 3.04. The first kappa shape index (κ1) is 15.6. The smallest absolute Gasteiger partial charge is 0.283 e. The van der Waals surface area contributed by atoms with Crippen molar-refractivity contribution in [2.45, 2.75) is 26.2 Å². The lowest BCUT2D eigenvalue weighted by atomic mass is 9.86. The number of aromatic nitrogens is 2. The van der Waals surface area contributed by atoms with Crippen molar-refractivity contribution < 1.29 is 9.59 Å². The summed E-state index contributed by atoms with van der Waals surface area (Å²) in [5.74, 6) is -1.17. The van der Waals surface area contributed by atoms with Gasteiger partial charge in [0.1, 0.15) is 0 Å². The van der Waals surface area contributed by atoms with Crippen LogP contribution in [0, 0.1) is 0 Å². The number of hydrazine groups is 1. The largest absolute Gasteiger partial charge is 0.310 e. The maximum Gasteiger partial charge on any atom is 0.310 e. The summed E-state index contributed by atoms with van der Waals surface area (Å²) >= 11 is 0. The highest BCUT2D eigenvalue weighted by molar-refractivity contribution is 6.42. The molecular formula is C16H18N4O2. The van der Waals surface area contributed by atoms with Crippen LogP contribution in [0.3, 0.4) is 0 Å². The van der Waals surface area contributed by atoms with Crippen molar-refractivity contribution in [3.63, 3.8) is 0 Å². The van der Waals surface area contributed by atoms with Crippen LogP contribution in [0.1, 0.15) is 36.7 Å². The third-order valence-electron chi connectivity index (χ3n) is 3.07. The average Bonchev–Trinajstić information content (AvgIpc) is 2.52. The van der Waals surface area contributed by atoms with Gasteiger partial charge in [-0.05, 0) is 17.0 Å². The van der Waals surface area contributed by atoms with Crippen LogP contribution in [0.2, 0.25) is 0 Å². The van der Waals surface area contributed by atoms with Crippen molar-refractivity contribution in [1.82, 2.24) is 15.4 Å². The number of rotatable bonds is 4. The van der Waals surface area contributed by atoms with E-state index >= 15 is 0 Å². The van der Waals surface area contributed by atoms with Gasteiger partial charge in [0.05, 0.1) is 0 Å². The third kappa shape index (κ3) is 3.88. The lowest BCUT2D eigenvalue weighted by Gasteiger charge is -2.18. The van der Waals surface area contributed by atoms with Crippen LogP contribution in [0.15, 0.2) is 42.7 Å². The van der Waals surface area contributed by atoms with Crippen LogP contribution >= 0.6 is 0 Å². The molecule has 0 aliphatic rings. The fraction of sp³-hybridized carbons (Fsp3) is 0.250. The lowest BCUT2D eigenvalue weighted by Crippen LogP contribution is -2.36. The molecule has 0 aliphatic carbocycles. The number of nitrogens with one attached hydrogen (secondary N) is 2. The molecule has 2 aromatic rings. The molecule has 0 fully saturated rings. The fourth-order valence-electron chi connectivity index (χ4n) is 1.79. The predicted octanol–water partition coefficient (Wildman–Crippen LogP) is 2.10. The van der Waals surface area contributed by atoms with E-state index in [0.717, 1.165) is 5.56 Å². The number of amides is 1. The molecule has 6 nitrogen and oxygen atoms in total. The van der Waals surface area contributed by atoms with E-state index in [4.69, 9.17) is 0 Å². The Morgan fingerprint density at radius 2 is 1.59 bits per heavy atom. The second-order valence-electron chi connectivity index (χ2n) is 5.81. The normalized spacial score (nSPS) is 10.9. The summed E-state index contributed by atoms with van der Waals surface area (Å²) in [5.41, 5.74) is 6.19. The zero-order valence-electron chi connectivity index (χ0n) is 12.8. The van der Waals surface area contributed by atoms with Gasteiger partial charge in [0.25, 0.3) is 5.78 Å². The maximum absolute atomic E-state index is 12.0. The highest BCUT2D eigenvalue weighted by Gasteiger charge is 2.18. The van der Waals surface area contributed by atoms with Gasteiger partial charge in [-0.3, -0.25) is 20.4 Å². The number of benzene rings is 1. The second-order valence-corrected chi connectivity index (χ2v) is 5.81. The van der Waals surface area contributed by atoms with E-state index in [9.17, 15) is 9.59 Å². The number of carbonyl (C=O) groups is 2.